The van der Waals surface area contributed by atoms with Gasteiger partial charge in [0.15, 0.2) is 11.6 Å². The highest BCUT2D eigenvalue weighted by atomic mass is 32.2. The lowest BCUT2D eigenvalue weighted by Crippen LogP contribution is -2.43. The van der Waals surface area contributed by atoms with Gasteiger partial charge < -0.3 is 10.2 Å². The molecule has 1 saturated heterocycles. The molecule has 0 aromatic carbocycles. The summed E-state index contributed by atoms with van der Waals surface area (Å²) < 4.78 is 38.8. The Hall–Kier alpha value is -1.48. The Bertz CT molecular complexity index is 638. The molecule has 1 aromatic rings. The maximum atomic E-state index is 13.5. The van der Waals surface area contributed by atoms with Crippen molar-refractivity contribution in [1.29, 1.82) is 0 Å². The Kier molecular flexibility index (Phi) is 5.74. The Morgan fingerprint density at radius 1 is 1.43 bits per heavy atom. The van der Waals surface area contributed by atoms with Crippen molar-refractivity contribution in [1.82, 2.24) is 14.3 Å². The Balaban J connectivity index is 1.95. The molecule has 9 heteroatoms. The van der Waals surface area contributed by atoms with Gasteiger partial charge in [0.05, 0.1) is 12.5 Å². The van der Waals surface area contributed by atoms with Crippen LogP contribution in [0.1, 0.15) is 25.7 Å². The summed E-state index contributed by atoms with van der Waals surface area (Å²) in [7, 11) is 0.243. The average molecular weight is 345 g/mol. The second kappa shape index (κ2) is 7.39. The summed E-state index contributed by atoms with van der Waals surface area (Å²) in [5.74, 6) is 0.0887. The lowest BCUT2D eigenvalue weighted by atomic mass is 10.0. The van der Waals surface area contributed by atoms with E-state index in [1.165, 1.54) is 6.26 Å². The van der Waals surface area contributed by atoms with Gasteiger partial charge in [-0.3, -0.25) is 0 Å². The highest BCUT2D eigenvalue weighted by molar-refractivity contribution is 7.88. The van der Waals surface area contributed by atoms with Gasteiger partial charge in [0.1, 0.15) is 0 Å². The molecule has 0 bridgehead atoms. The molecule has 1 atom stereocenters. The SMILES string of the molecule is CN(C)c1nc(NCC[C@H]2CCCCN2S(C)(=O)=O)ncc1F. The summed E-state index contributed by atoms with van der Waals surface area (Å²) in [5, 5.41) is 3.05. The second-order valence-electron chi connectivity index (χ2n) is 6.00. The molecular formula is C14H24FN5O2S. The number of anilines is 2. The molecule has 0 unspecified atom stereocenters. The first-order valence-corrected chi connectivity index (χ1v) is 9.54. The van der Waals surface area contributed by atoms with Gasteiger partial charge in [-0.05, 0) is 19.3 Å². The smallest absolute Gasteiger partial charge is 0.224 e. The van der Waals surface area contributed by atoms with Gasteiger partial charge in [-0.25, -0.2) is 17.8 Å². The molecule has 7 nitrogen and oxygen atoms in total. The molecule has 0 spiro atoms. The molecule has 1 aromatic heterocycles. The average Bonchev–Trinajstić information content (AvgIpc) is 2.48. The van der Waals surface area contributed by atoms with E-state index in [-0.39, 0.29) is 11.9 Å². The van der Waals surface area contributed by atoms with Crippen LogP contribution < -0.4 is 10.2 Å². The van der Waals surface area contributed by atoms with Crippen molar-refractivity contribution in [2.24, 2.45) is 0 Å². The van der Waals surface area contributed by atoms with Crippen molar-refractivity contribution >= 4 is 21.8 Å². The molecule has 2 rings (SSSR count). The van der Waals surface area contributed by atoms with Gasteiger partial charge >= 0.3 is 0 Å². The normalized spacial score (nSPS) is 19.6. The van der Waals surface area contributed by atoms with Gasteiger partial charge in [0.25, 0.3) is 0 Å². The van der Waals surface area contributed by atoms with Crippen LogP contribution in [0.25, 0.3) is 0 Å². The summed E-state index contributed by atoms with van der Waals surface area (Å²) in [4.78, 5) is 9.61. The number of halogens is 1. The fraction of sp³-hybridized carbons (Fsp3) is 0.714. The largest absolute Gasteiger partial charge is 0.360 e. The summed E-state index contributed by atoms with van der Waals surface area (Å²) >= 11 is 0. The van der Waals surface area contributed by atoms with Crippen LogP contribution in [-0.2, 0) is 10.0 Å². The van der Waals surface area contributed by atoms with E-state index >= 15 is 0 Å². The van der Waals surface area contributed by atoms with Crippen molar-refractivity contribution < 1.29 is 12.8 Å². The highest BCUT2D eigenvalue weighted by Crippen LogP contribution is 2.22. The fourth-order valence-corrected chi connectivity index (χ4v) is 4.02. The first-order chi connectivity index (χ1) is 10.8. The van der Waals surface area contributed by atoms with Crippen LogP contribution in [0.5, 0.6) is 0 Å². The number of nitrogens with zero attached hydrogens (tertiary/aromatic N) is 4. The van der Waals surface area contributed by atoms with Crippen LogP contribution in [0.15, 0.2) is 6.20 Å². The van der Waals surface area contributed by atoms with E-state index in [4.69, 9.17) is 0 Å². The van der Waals surface area contributed by atoms with Crippen molar-refractivity contribution in [2.75, 3.05) is 43.7 Å². The van der Waals surface area contributed by atoms with Gasteiger partial charge in [-0.1, -0.05) is 6.42 Å². The molecule has 0 radical (unpaired) electrons. The second-order valence-corrected chi connectivity index (χ2v) is 7.93. The first kappa shape index (κ1) is 17.9. The van der Waals surface area contributed by atoms with E-state index in [1.807, 2.05) is 0 Å². The van der Waals surface area contributed by atoms with Gasteiger partial charge in [0.2, 0.25) is 16.0 Å². The number of sulfonamides is 1. The molecule has 2 heterocycles. The maximum Gasteiger partial charge on any atom is 0.224 e. The lowest BCUT2D eigenvalue weighted by molar-refractivity contribution is 0.246. The van der Waals surface area contributed by atoms with E-state index in [0.717, 1.165) is 25.5 Å². The zero-order valence-electron chi connectivity index (χ0n) is 13.8. The number of hydrogen-bond acceptors (Lipinski definition) is 6. The molecule has 1 aliphatic heterocycles. The van der Waals surface area contributed by atoms with Crippen LogP contribution in [0, 0.1) is 5.82 Å². The minimum atomic E-state index is -3.18. The van der Waals surface area contributed by atoms with E-state index in [2.05, 4.69) is 15.3 Å². The number of aromatic nitrogens is 2. The minimum absolute atomic E-state index is 0.0000162. The van der Waals surface area contributed by atoms with E-state index in [9.17, 15) is 12.8 Å². The third kappa shape index (κ3) is 4.74. The number of piperidine rings is 1. The van der Waals surface area contributed by atoms with Crippen LogP contribution in [0.4, 0.5) is 16.2 Å². The monoisotopic (exact) mass is 345 g/mol. The summed E-state index contributed by atoms with van der Waals surface area (Å²) in [6, 6.07) is 0.0000162. The van der Waals surface area contributed by atoms with Crippen molar-refractivity contribution in [2.45, 2.75) is 31.7 Å². The maximum absolute atomic E-state index is 13.5. The summed E-state index contributed by atoms with van der Waals surface area (Å²) in [6.07, 6.45) is 5.87. The quantitative estimate of drug-likeness (QED) is 0.837. The molecule has 1 N–H and O–H groups in total. The fourth-order valence-electron chi connectivity index (χ4n) is 2.81. The van der Waals surface area contributed by atoms with Crippen LogP contribution in [0.2, 0.25) is 0 Å². The molecule has 1 aliphatic rings. The zero-order valence-corrected chi connectivity index (χ0v) is 14.6. The third-order valence-corrected chi connectivity index (χ3v) is 5.24. The standard InChI is InChI=1S/C14H24FN5O2S/c1-19(2)13-12(15)10-17-14(18-13)16-8-7-11-6-4-5-9-20(11)23(3,21)22/h10-11H,4-9H2,1-3H3,(H,16,17,18)/t11-/m1/s1. The lowest BCUT2D eigenvalue weighted by Gasteiger charge is -2.33. The molecule has 0 aliphatic carbocycles. The topological polar surface area (TPSA) is 78.4 Å². The van der Waals surface area contributed by atoms with Crippen LogP contribution in [-0.4, -0.2) is 62.2 Å². The predicted molar refractivity (Wildman–Crippen MR) is 88.6 cm³/mol. The molecule has 0 amide bonds. The first-order valence-electron chi connectivity index (χ1n) is 7.69. The molecule has 23 heavy (non-hydrogen) atoms. The van der Waals surface area contributed by atoms with Crippen LogP contribution >= 0.6 is 0 Å². The molecule has 130 valence electrons. The number of rotatable bonds is 6. The number of hydrogen-bond donors (Lipinski definition) is 1. The van der Waals surface area contributed by atoms with Gasteiger partial charge in [-0.2, -0.15) is 9.29 Å². The summed E-state index contributed by atoms with van der Waals surface area (Å²) in [6.45, 7) is 1.12. The van der Waals surface area contributed by atoms with Gasteiger partial charge in [-0.15, -0.1) is 0 Å². The van der Waals surface area contributed by atoms with E-state index in [0.29, 0.717) is 25.5 Å². The Labute approximate surface area is 137 Å². The van der Waals surface area contributed by atoms with Crippen molar-refractivity contribution in [3.8, 4) is 0 Å². The van der Waals surface area contributed by atoms with Gasteiger partial charge in [0, 0.05) is 33.2 Å². The summed E-state index contributed by atoms with van der Waals surface area (Å²) in [5.41, 5.74) is 0. The Morgan fingerprint density at radius 2 is 2.17 bits per heavy atom. The minimum Gasteiger partial charge on any atom is -0.360 e. The number of nitrogens with one attached hydrogen (secondary N) is 1. The molecular weight excluding hydrogens is 321 g/mol. The van der Waals surface area contributed by atoms with Crippen molar-refractivity contribution in [3.63, 3.8) is 0 Å². The van der Waals surface area contributed by atoms with E-state index in [1.54, 1.807) is 23.3 Å². The van der Waals surface area contributed by atoms with Crippen molar-refractivity contribution in [3.05, 3.63) is 12.0 Å². The highest BCUT2D eigenvalue weighted by Gasteiger charge is 2.28. The molecule has 1 fully saturated rings. The van der Waals surface area contributed by atoms with Crippen LogP contribution in [0.3, 0.4) is 0 Å². The molecule has 0 saturated carbocycles. The Morgan fingerprint density at radius 3 is 2.83 bits per heavy atom. The third-order valence-electron chi connectivity index (χ3n) is 3.91. The predicted octanol–water partition coefficient (Wildman–Crippen LogP) is 1.30. The zero-order chi connectivity index (χ0) is 17.0. The van der Waals surface area contributed by atoms with E-state index < -0.39 is 15.8 Å².